The van der Waals surface area contributed by atoms with Crippen molar-refractivity contribution in [3.05, 3.63) is 170 Å². The molecule has 0 amide bonds. The van der Waals surface area contributed by atoms with Gasteiger partial charge in [-0.2, -0.15) is 0 Å². The van der Waals surface area contributed by atoms with Crippen molar-refractivity contribution in [2.45, 2.75) is 0 Å². The summed E-state index contributed by atoms with van der Waals surface area (Å²) >= 11 is 1.79. The number of aromatic nitrogens is 4. The molecular formula is C45H28N4S. The minimum Gasteiger partial charge on any atom is -0.309 e. The molecule has 3 heterocycles. The first kappa shape index (κ1) is 28.6. The van der Waals surface area contributed by atoms with Crippen molar-refractivity contribution in [3.63, 3.8) is 0 Å². The smallest absolute Gasteiger partial charge is 0.165 e. The van der Waals surface area contributed by atoms with Crippen molar-refractivity contribution in [1.29, 1.82) is 0 Å². The fourth-order valence-corrected chi connectivity index (χ4v) is 8.41. The second kappa shape index (κ2) is 11.6. The molecule has 0 N–H and O–H groups in total. The van der Waals surface area contributed by atoms with Gasteiger partial charge in [0.1, 0.15) is 0 Å². The summed E-state index contributed by atoms with van der Waals surface area (Å²) in [5, 5.41) is 4.74. The summed E-state index contributed by atoms with van der Waals surface area (Å²) in [5.74, 6) is 1.95. The van der Waals surface area contributed by atoms with Crippen molar-refractivity contribution in [3.8, 4) is 51.0 Å². The van der Waals surface area contributed by atoms with E-state index in [9.17, 15) is 0 Å². The van der Waals surface area contributed by atoms with Gasteiger partial charge in [0.25, 0.3) is 0 Å². The normalized spacial score (nSPS) is 11.6. The lowest BCUT2D eigenvalue weighted by atomic mass is 10.0. The van der Waals surface area contributed by atoms with Gasteiger partial charge in [-0.3, -0.25) is 0 Å². The van der Waals surface area contributed by atoms with Gasteiger partial charge in [0.15, 0.2) is 17.5 Å². The standard InChI is InChI=1S/C45H28N4S/c1-3-14-29(15-4-1)30-16-11-17-31(28-30)43-46-44(48-45(47-43)37-24-12-22-34-33-20-8-10-27-40(33)50-42(34)37)36-23-13-26-39-41(36)35-21-7-9-25-38(35)49(39)32-18-5-2-6-19-32/h1-28H. The predicted octanol–water partition coefficient (Wildman–Crippen LogP) is 12.0. The van der Waals surface area contributed by atoms with Crippen LogP contribution in [0.25, 0.3) is 93.0 Å². The molecule has 10 rings (SSSR count). The molecule has 0 saturated carbocycles. The summed E-state index contributed by atoms with van der Waals surface area (Å²) in [6, 6.07) is 59.6. The topological polar surface area (TPSA) is 43.6 Å². The molecule has 0 aliphatic carbocycles. The molecule has 10 aromatic rings. The van der Waals surface area contributed by atoms with E-state index in [1.54, 1.807) is 11.3 Å². The first-order chi connectivity index (χ1) is 24.8. The maximum Gasteiger partial charge on any atom is 0.165 e. The van der Waals surface area contributed by atoms with Crippen LogP contribution >= 0.6 is 11.3 Å². The third-order valence-electron chi connectivity index (χ3n) is 9.46. The minimum atomic E-state index is 0.643. The van der Waals surface area contributed by atoms with Gasteiger partial charge in [-0.25, -0.2) is 15.0 Å². The van der Waals surface area contributed by atoms with Crippen LogP contribution in [0.3, 0.4) is 0 Å². The zero-order valence-electron chi connectivity index (χ0n) is 26.9. The van der Waals surface area contributed by atoms with Crippen LogP contribution in [0.4, 0.5) is 0 Å². The molecule has 0 aliphatic rings. The van der Waals surface area contributed by atoms with E-state index < -0.39 is 0 Å². The van der Waals surface area contributed by atoms with Crippen LogP contribution < -0.4 is 0 Å². The van der Waals surface area contributed by atoms with Crippen molar-refractivity contribution in [2.75, 3.05) is 0 Å². The van der Waals surface area contributed by atoms with Crippen LogP contribution in [0.5, 0.6) is 0 Å². The van der Waals surface area contributed by atoms with Gasteiger partial charge in [0.2, 0.25) is 0 Å². The van der Waals surface area contributed by atoms with Crippen molar-refractivity contribution >= 4 is 53.3 Å². The number of hydrogen-bond acceptors (Lipinski definition) is 4. The fraction of sp³-hybridized carbons (Fsp3) is 0. The van der Waals surface area contributed by atoms with Crippen molar-refractivity contribution in [1.82, 2.24) is 19.5 Å². The minimum absolute atomic E-state index is 0.643. The summed E-state index contributed by atoms with van der Waals surface area (Å²) < 4.78 is 4.76. The highest BCUT2D eigenvalue weighted by atomic mass is 32.1. The fourth-order valence-electron chi connectivity index (χ4n) is 7.20. The lowest BCUT2D eigenvalue weighted by Crippen LogP contribution is -2.01. The summed E-state index contributed by atoms with van der Waals surface area (Å²) in [6.45, 7) is 0. The van der Waals surface area contributed by atoms with Gasteiger partial charge in [-0.1, -0.05) is 127 Å². The van der Waals surface area contributed by atoms with E-state index in [1.165, 1.54) is 20.2 Å². The first-order valence-corrected chi connectivity index (χ1v) is 17.5. The van der Waals surface area contributed by atoms with Crippen molar-refractivity contribution in [2.24, 2.45) is 0 Å². The van der Waals surface area contributed by atoms with Gasteiger partial charge >= 0.3 is 0 Å². The van der Waals surface area contributed by atoms with Gasteiger partial charge in [-0.15, -0.1) is 11.3 Å². The van der Waals surface area contributed by atoms with E-state index >= 15 is 0 Å². The van der Waals surface area contributed by atoms with E-state index in [1.807, 2.05) is 6.07 Å². The van der Waals surface area contributed by atoms with E-state index in [4.69, 9.17) is 15.0 Å². The molecule has 5 heteroatoms. The Bertz CT molecular complexity index is 2870. The van der Waals surface area contributed by atoms with E-state index in [-0.39, 0.29) is 0 Å². The highest BCUT2D eigenvalue weighted by molar-refractivity contribution is 7.26. The maximum atomic E-state index is 5.31. The van der Waals surface area contributed by atoms with Crippen LogP contribution in [-0.4, -0.2) is 19.5 Å². The Hall–Kier alpha value is -6.43. The highest BCUT2D eigenvalue weighted by Crippen LogP contribution is 2.41. The molecule has 0 fully saturated rings. The average Bonchev–Trinajstić information content (AvgIpc) is 3.75. The summed E-state index contributed by atoms with van der Waals surface area (Å²) in [6.07, 6.45) is 0. The number of benzene rings is 7. The van der Waals surface area contributed by atoms with Crippen LogP contribution in [-0.2, 0) is 0 Å². The molecule has 3 aromatic heterocycles. The molecule has 0 bridgehead atoms. The SMILES string of the molecule is c1ccc(-c2cccc(-c3nc(-c4cccc5c4sc4ccccc45)nc(-c4cccc5c4c4ccccc4n5-c4ccccc4)n3)c2)cc1. The Morgan fingerprint density at radius 2 is 0.980 bits per heavy atom. The lowest BCUT2D eigenvalue weighted by Gasteiger charge is -2.11. The number of thiophene rings is 1. The zero-order chi connectivity index (χ0) is 33.0. The summed E-state index contributed by atoms with van der Waals surface area (Å²) in [5.41, 5.74) is 8.55. The van der Waals surface area contributed by atoms with Gasteiger partial charge < -0.3 is 4.57 Å². The second-order valence-corrected chi connectivity index (χ2v) is 13.5. The van der Waals surface area contributed by atoms with Crippen LogP contribution in [0.1, 0.15) is 0 Å². The molecule has 50 heavy (non-hydrogen) atoms. The number of fused-ring (bicyclic) bond motifs is 6. The number of hydrogen-bond donors (Lipinski definition) is 0. The van der Waals surface area contributed by atoms with Gasteiger partial charge in [0, 0.05) is 53.3 Å². The van der Waals surface area contributed by atoms with Gasteiger partial charge in [-0.05, 0) is 53.6 Å². The summed E-state index contributed by atoms with van der Waals surface area (Å²) in [7, 11) is 0. The maximum absolute atomic E-state index is 5.31. The predicted molar refractivity (Wildman–Crippen MR) is 209 cm³/mol. The zero-order valence-corrected chi connectivity index (χ0v) is 27.7. The van der Waals surface area contributed by atoms with Crippen LogP contribution in [0.15, 0.2) is 170 Å². The molecule has 0 atom stereocenters. The molecule has 0 spiro atoms. The third-order valence-corrected chi connectivity index (χ3v) is 10.7. The van der Waals surface area contributed by atoms with E-state index in [2.05, 4.69) is 168 Å². The summed E-state index contributed by atoms with van der Waals surface area (Å²) in [4.78, 5) is 15.8. The molecule has 0 radical (unpaired) electrons. The van der Waals surface area contributed by atoms with Crippen LogP contribution in [0.2, 0.25) is 0 Å². The Morgan fingerprint density at radius 3 is 1.84 bits per heavy atom. The second-order valence-electron chi connectivity index (χ2n) is 12.4. The number of para-hydroxylation sites is 2. The van der Waals surface area contributed by atoms with E-state index in [0.29, 0.717) is 17.5 Å². The quantitative estimate of drug-likeness (QED) is 0.185. The number of rotatable bonds is 5. The molecule has 7 aromatic carbocycles. The Balaban J connectivity index is 1.26. The molecular weight excluding hydrogens is 629 g/mol. The first-order valence-electron chi connectivity index (χ1n) is 16.7. The van der Waals surface area contributed by atoms with E-state index in [0.717, 1.165) is 55.3 Å². The monoisotopic (exact) mass is 656 g/mol. The Kier molecular flexibility index (Phi) is 6.64. The lowest BCUT2D eigenvalue weighted by molar-refractivity contribution is 1.08. The molecule has 0 aliphatic heterocycles. The molecule has 0 saturated heterocycles. The number of nitrogens with zero attached hydrogens (tertiary/aromatic N) is 4. The largest absolute Gasteiger partial charge is 0.309 e. The highest BCUT2D eigenvalue weighted by Gasteiger charge is 2.21. The molecule has 4 nitrogen and oxygen atoms in total. The van der Waals surface area contributed by atoms with Crippen LogP contribution in [0, 0.1) is 0 Å². The molecule has 234 valence electrons. The van der Waals surface area contributed by atoms with Crippen molar-refractivity contribution < 1.29 is 0 Å². The molecule has 0 unspecified atom stereocenters. The van der Waals surface area contributed by atoms with Gasteiger partial charge in [0.05, 0.1) is 11.0 Å². The average molecular weight is 657 g/mol. The Morgan fingerprint density at radius 1 is 0.400 bits per heavy atom. The Labute approximate surface area is 292 Å². The third kappa shape index (κ3) is 4.63.